The van der Waals surface area contributed by atoms with E-state index in [4.69, 9.17) is 10.5 Å². The molecule has 0 aromatic carbocycles. The standard InChI is InChI=1S/C11H18FN3O5/c1-7(17)9(18)11(4-12,5-16)20-6-15-3-2-8(13)14-10(15)19/h2-3,7,9,16-18H,4-6H2,1H3,(H2,13,14,19)/t7-,9+,11-/m1/s1. The molecule has 3 atom stereocenters. The van der Waals surface area contributed by atoms with Crippen LogP contribution in [-0.2, 0) is 11.5 Å². The van der Waals surface area contributed by atoms with Gasteiger partial charge in [-0.15, -0.1) is 0 Å². The SMILES string of the molecule is C[C@@H](O)[C@H](O)[C@](CO)(CF)OCn1ccc(N)nc1=O. The number of ether oxygens (including phenoxy) is 1. The molecule has 0 aliphatic rings. The molecule has 0 radical (unpaired) electrons. The Morgan fingerprint density at radius 1 is 1.60 bits per heavy atom. The molecule has 0 saturated heterocycles. The average Bonchev–Trinajstić information content (AvgIpc) is 2.41. The summed E-state index contributed by atoms with van der Waals surface area (Å²) >= 11 is 0. The number of aliphatic hydroxyl groups is 3. The molecule has 8 nitrogen and oxygen atoms in total. The van der Waals surface area contributed by atoms with Crippen LogP contribution >= 0.6 is 0 Å². The van der Waals surface area contributed by atoms with E-state index in [2.05, 4.69) is 4.98 Å². The van der Waals surface area contributed by atoms with Crippen LogP contribution in [0.15, 0.2) is 17.1 Å². The molecule has 0 bridgehead atoms. The quantitative estimate of drug-likeness (QED) is 0.468. The van der Waals surface area contributed by atoms with Gasteiger partial charge in [0.1, 0.15) is 30.9 Å². The molecule has 20 heavy (non-hydrogen) atoms. The van der Waals surface area contributed by atoms with Crippen molar-refractivity contribution in [2.24, 2.45) is 0 Å². The van der Waals surface area contributed by atoms with Crippen molar-refractivity contribution in [1.29, 1.82) is 0 Å². The molecule has 0 fully saturated rings. The van der Waals surface area contributed by atoms with Crippen molar-refractivity contribution >= 4 is 5.82 Å². The van der Waals surface area contributed by atoms with Crippen LogP contribution in [0.4, 0.5) is 10.2 Å². The van der Waals surface area contributed by atoms with Crippen molar-refractivity contribution in [1.82, 2.24) is 9.55 Å². The topological polar surface area (TPSA) is 131 Å². The van der Waals surface area contributed by atoms with E-state index in [1.807, 2.05) is 0 Å². The molecule has 114 valence electrons. The average molecular weight is 291 g/mol. The number of halogens is 1. The molecule has 1 heterocycles. The van der Waals surface area contributed by atoms with Crippen molar-refractivity contribution in [3.63, 3.8) is 0 Å². The maximum atomic E-state index is 13.1. The number of alkyl halides is 1. The molecule has 0 aliphatic carbocycles. The minimum absolute atomic E-state index is 0.0224. The predicted molar refractivity (Wildman–Crippen MR) is 67.5 cm³/mol. The molecule has 1 rings (SSSR count). The van der Waals surface area contributed by atoms with E-state index in [-0.39, 0.29) is 5.82 Å². The lowest BCUT2D eigenvalue weighted by Crippen LogP contribution is -2.55. The minimum atomic E-state index is -2.02. The fourth-order valence-electron chi connectivity index (χ4n) is 1.56. The Kier molecular flexibility index (Phi) is 5.57. The van der Waals surface area contributed by atoms with Crippen molar-refractivity contribution in [3.8, 4) is 0 Å². The second-order valence-electron chi connectivity index (χ2n) is 4.42. The van der Waals surface area contributed by atoms with Gasteiger partial charge in [0.15, 0.2) is 0 Å². The highest BCUT2D eigenvalue weighted by Crippen LogP contribution is 2.20. The van der Waals surface area contributed by atoms with Gasteiger partial charge in [0.25, 0.3) is 0 Å². The number of nitrogens with two attached hydrogens (primary N) is 1. The summed E-state index contributed by atoms with van der Waals surface area (Å²) in [6.07, 6.45) is -1.70. The van der Waals surface area contributed by atoms with Crippen LogP contribution in [0.5, 0.6) is 0 Å². The highest BCUT2D eigenvalue weighted by molar-refractivity contribution is 5.23. The van der Waals surface area contributed by atoms with Crippen LogP contribution in [-0.4, -0.2) is 56.0 Å². The van der Waals surface area contributed by atoms with E-state index in [9.17, 15) is 24.5 Å². The molecule has 0 aliphatic heterocycles. The number of hydrogen-bond donors (Lipinski definition) is 4. The summed E-state index contributed by atoms with van der Waals surface area (Å²) < 4.78 is 19.2. The molecular formula is C11H18FN3O5. The lowest BCUT2D eigenvalue weighted by atomic mass is 9.95. The Balaban J connectivity index is 2.89. The number of nitrogens with zero attached hydrogens (tertiary/aromatic N) is 2. The zero-order chi connectivity index (χ0) is 15.3. The van der Waals surface area contributed by atoms with E-state index in [1.165, 1.54) is 19.2 Å². The van der Waals surface area contributed by atoms with Crippen LogP contribution in [0, 0.1) is 0 Å². The molecular weight excluding hydrogens is 273 g/mol. The van der Waals surface area contributed by atoms with Crippen LogP contribution in [0.1, 0.15) is 6.92 Å². The van der Waals surface area contributed by atoms with Gasteiger partial charge in [-0.1, -0.05) is 0 Å². The predicted octanol–water partition coefficient (Wildman–Crippen LogP) is -1.76. The molecule has 0 spiro atoms. The lowest BCUT2D eigenvalue weighted by Gasteiger charge is -2.35. The van der Waals surface area contributed by atoms with Gasteiger partial charge in [-0.2, -0.15) is 4.98 Å². The summed E-state index contributed by atoms with van der Waals surface area (Å²) in [5, 5.41) is 28.3. The second kappa shape index (κ2) is 6.75. The van der Waals surface area contributed by atoms with E-state index in [0.717, 1.165) is 4.57 Å². The third-order valence-electron chi connectivity index (χ3n) is 2.88. The first-order valence-corrected chi connectivity index (χ1v) is 5.86. The zero-order valence-corrected chi connectivity index (χ0v) is 10.9. The summed E-state index contributed by atoms with van der Waals surface area (Å²) in [6, 6.07) is 1.34. The fourth-order valence-corrected chi connectivity index (χ4v) is 1.56. The molecule has 0 unspecified atom stereocenters. The Labute approximate surface area is 114 Å². The normalized spacial score (nSPS) is 17.4. The van der Waals surface area contributed by atoms with Gasteiger partial charge >= 0.3 is 5.69 Å². The molecule has 0 saturated carbocycles. The Hall–Kier alpha value is -1.55. The van der Waals surface area contributed by atoms with Crippen LogP contribution in [0.25, 0.3) is 0 Å². The van der Waals surface area contributed by atoms with Gasteiger partial charge in [-0.25, -0.2) is 9.18 Å². The van der Waals surface area contributed by atoms with Gasteiger partial charge in [0.05, 0.1) is 12.7 Å². The maximum absolute atomic E-state index is 13.1. The summed E-state index contributed by atoms with van der Waals surface area (Å²) in [7, 11) is 0. The summed E-state index contributed by atoms with van der Waals surface area (Å²) in [4.78, 5) is 14.9. The molecule has 5 N–H and O–H groups in total. The highest BCUT2D eigenvalue weighted by atomic mass is 19.1. The number of aliphatic hydroxyl groups excluding tert-OH is 3. The van der Waals surface area contributed by atoms with Crippen molar-refractivity contribution in [2.45, 2.75) is 31.5 Å². The van der Waals surface area contributed by atoms with Crippen molar-refractivity contribution in [2.75, 3.05) is 19.0 Å². The summed E-state index contributed by atoms with van der Waals surface area (Å²) in [6.45, 7) is -1.34. The molecule has 1 aromatic rings. The summed E-state index contributed by atoms with van der Waals surface area (Å²) in [5.41, 5.74) is 2.57. The zero-order valence-electron chi connectivity index (χ0n) is 10.9. The highest BCUT2D eigenvalue weighted by Gasteiger charge is 2.42. The van der Waals surface area contributed by atoms with Gasteiger partial charge < -0.3 is 25.8 Å². The van der Waals surface area contributed by atoms with E-state index >= 15 is 0 Å². The van der Waals surface area contributed by atoms with Gasteiger partial charge in [-0.05, 0) is 13.0 Å². The smallest absolute Gasteiger partial charge is 0.351 e. The number of hydrogen-bond acceptors (Lipinski definition) is 7. The second-order valence-corrected chi connectivity index (χ2v) is 4.42. The van der Waals surface area contributed by atoms with E-state index < -0.39 is 43.5 Å². The molecule has 1 aromatic heterocycles. The van der Waals surface area contributed by atoms with Gasteiger partial charge in [0.2, 0.25) is 0 Å². The van der Waals surface area contributed by atoms with Crippen LogP contribution in [0.3, 0.4) is 0 Å². The lowest BCUT2D eigenvalue weighted by molar-refractivity contribution is -0.199. The number of anilines is 1. The monoisotopic (exact) mass is 291 g/mol. The van der Waals surface area contributed by atoms with E-state index in [1.54, 1.807) is 0 Å². The first-order valence-electron chi connectivity index (χ1n) is 5.86. The Bertz CT molecular complexity index is 489. The largest absolute Gasteiger partial charge is 0.393 e. The molecule has 9 heteroatoms. The Morgan fingerprint density at radius 3 is 2.70 bits per heavy atom. The van der Waals surface area contributed by atoms with Crippen LogP contribution in [0.2, 0.25) is 0 Å². The first kappa shape index (κ1) is 16.5. The third-order valence-corrected chi connectivity index (χ3v) is 2.88. The number of aromatic nitrogens is 2. The maximum Gasteiger partial charge on any atom is 0.351 e. The summed E-state index contributed by atoms with van der Waals surface area (Å²) in [5.74, 6) is 0.0224. The van der Waals surface area contributed by atoms with Gasteiger partial charge in [-0.3, -0.25) is 4.57 Å². The number of nitrogen functional groups attached to an aromatic ring is 1. The number of rotatable bonds is 7. The Morgan fingerprint density at radius 2 is 2.25 bits per heavy atom. The van der Waals surface area contributed by atoms with Crippen molar-refractivity contribution in [3.05, 3.63) is 22.7 Å². The first-order chi connectivity index (χ1) is 9.36. The van der Waals surface area contributed by atoms with E-state index in [0.29, 0.717) is 0 Å². The van der Waals surface area contributed by atoms with Crippen LogP contribution < -0.4 is 11.4 Å². The fraction of sp³-hybridized carbons (Fsp3) is 0.636. The molecule has 0 amide bonds. The minimum Gasteiger partial charge on any atom is -0.393 e. The third kappa shape index (κ3) is 3.51. The van der Waals surface area contributed by atoms with Gasteiger partial charge in [0, 0.05) is 6.20 Å². The van der Waals surface area contributed by atoms with Crippen molar-refractivity contribution < 1.29 is 24.4 Å².